The number of aryl methyl sites for hydroxylation is 1. The molecule has 0 atom stereocenters. The molecule has 4 rings (SSSR count). The highest BCUT2D eigenvalue weighted by Crippen LogP contribution is 2.25. The van der Waals surface area contributed by atoms with Gasteiger partial charge >= 0.3 is 0 Å². The largest absolute Gasteiger partial charge is 0.348 e. The van der Waals surface area contributed by atoms with E-state index < -0.39 is 15.9 Å². The smallest absolute Gasteiger partial charge is 0.263 e. The molecule has 1 heterocycles. The fourth-order valence-electron chi connectivity index (χ4n) is 3.16. The number of sulfonamides is 1. The number of halogens is 1. The summed E-state index contributed by atoms with van der Waals surface area (Å²) in [6.45, 7) is 2.20. The Bertz CT molecular complexity index is 1370. The molecule has 4 aromatic rings. The molecular formula is C24H21ClN4O3S. The monoisotopic (exact) mass is 480 g/mol. The van der Waals surface area contributed by atoms with Gasteiger partial charge in [-0.2, -0.15) is 0 Å². The molecule has 168 valence electrons. The predicted octanol–water partition coefficient (Wildman–Crippen LogP) is 4.56. The lowest BCUT2D eigenvalue weighted by atomic mass is 10.2. The first-order valence-corrected chi connectivity index (χ1v) is 11.9. The molecule has 0 radical (unpaired) electrons. The number of amides is 1. The van der Waals surface area contributed by atoms with Crippen LogP contribution in [0.4, 0.5) is 5.69 Å². The molecule has 0 unspecified atom stereocenters. The lowest BCUT2D eigenvalue weighted by molar-refractivity contribution is 0.0950. The first-order valence-electron chi connectivity index (χ1n) is 10.1. The van der Waals surface area contributed by atoms with E-state index in [1.54, 1.807) is 36.8 Å². The van der Waals surface area contributed by atoms with E-state index in [4.69, 9.17) is 11.6 Å². The summed E-state index contributed by atoms with van der Waals surface area (Å²) in [5.41, 5.74) is 3.46. The second kappa shape index (κ2) is 9.48. The van der Waals surface area contributed by atoms with Crippen LogP contribution in [0.15, 0.2) is 90.3 Å². The van der Waals surface area contributed by atoms with Gasteiger partial charge in [-0.25, -0.2) is 13.4 Å². The van der Waals surface area contributed by atoms with Crippen molar-refractivity contribution in [3.8, 4) is 5.69 Å². The lowest BCUT2D eigenvalue weighted by Crippen LogP contribution is -2.23. The Morgan fingerprint density at radius 2 is 1.76 bits per heavy atom. The van der Waals surface area contributed by atoms with Crippen molar-refractivity contribution in [1.82, 2.24) is 14.9 Å². The summed E-state index contributed by atoms with van der Waals surface area (Å²) in [7, 11) is -3.98. The van der Waals surface area contributed by atoms with Crippen LogP contribution in [0.5, 0.6) is 0 Å². The molecule has 7 nitrogen and oxygen atoms in total. The van der Waals surface area contributed by atoms with Crippen LogP contribution in [-0.2, 0) is 16.6 Å². The number of carbonyl (C=O) groups excluding carboxylic acids is 1. The van der Waals surface area contributed by atoms with Crippen LogP contribution in [0, 0.1) is 6.92 Å². The van der Waals surface area contributed by atoms with Gasteiger partial charge in [0.25, 0.3) is 15.9 Å². The maximum Gasteiger partial charge on any atom is 0.263 e. The Balaban J connectivity index is 1.46. The number of hydrogen-bond acceptors (Lipinski definition) is 4. The number of benzene rings is 3. The molecule has 0 saturated carbocycles. The van der Waals surface area contributed by atoms with Crippen molar-refractivity contribution in [2.24, 2.45) is 0 Å². The van der Waals surface area contributed by atoms with E-state index in [1.165, 1.54) is 18.2 Å². The Labute approximate surface area is 197 Å². The molecule has 0 aliphatic rings. The molecule has 0 spiro atoms. The molecule has 33 heavy (non-hydrogen) atoms. The van der Waals surface area contributed by atoms with E-state index in [-0.39, 0.29) is 22.0 Å². The second-order valence-corrected chi connectivity index (χ2v) is 9.49. The molecule has 3 aromatic carbocycles. The van der Waals surface area contributed by atoms with Gasteiger partial charge < -0.3 is 9.88 Å². The van der Waals surface area contributed by atoms with Crippen LogP contribution in [-0.4, -0.2) is 23.9 Å². The topological polar surface area (TPSA) is 93.1 Å². The minimum absolute atomic E-state index is 0.0289. The molecule has 0 fully saturated rings. The second-order valence-electron chi connectivity index (χ2n) is 7.44. The van der Waals surface area contributed by atoms with Gasteiger partial charge in [0.1, 0.15) is 4.90 Å². The molecule has 9 heteroatoms. The standard InChI is InChI=1S/C24H21ClN4O3S/c1-17-2-7-20(8-3-17)28-33(31,32)23-14-19(6-11-22(23)25)24(30)27-15-18-4-9-21(10-5-18)29-13-12-26-16-29/h2-14,16,28H,15H2,1H3,(H,27,30). The minimum atomic E-state index is -3.98. The van der Waals surface area contributed by atoms with E-state index in [0.29, 0.717) is 5.69 Å². The van der Waals surface area contributed by atoms with Crippen LogP contribution in [0.25, 0.3) is 5.69 Å². The Hall–Kier alpha value is -3.62. The zero-order chi connectivity index (χ0) is 23.4. The van der Waals surface area contributed by atoms with Gasteiger partial charge in [-0.1, -0.05) is 41.4 Å². The highest BCUT2D eigenvalue weighted by Gasteiger charge is 2.20. The maximum absolute atomic E-state index is 12.9. The Morgan fingerprint density at radius 3 is 2.42 bits per heavy atom. The first-order chi connectivity index (χ1) is 15.8. The van der Waals surface area contributed by atoms with Crippen molar-refractivity contribution in [3.05, 3.63) is 107 Å². The van der Waals surface area contributed by atoms with Gasteiger partial charge in [-0.3, -0.25) is 9.52 Å². The zero-order valence-electron chi connectivity index (χ0n) is 17.7. The van der Waals surface area contributed by atoms with Crippen LogP contribution >= 0.6 is 11.6 Å². The van der Waals surface area contributed by atoms with Crippen LogP contribution < -0.4 is 10.0 Å². The van der Waals surface area contributed by atoms with Crippen LogP contribution in [0.3, 0.4) is 0 Å². The lowest BCUT2D eigenvalue weighted by Gasteiger charge is -2.12. The molecule has 1 aromatic heterocycles. The number of nitrogens with zero attached hydrogens (tertiary/aromatic N) is 2. The van der Waals surface area contributed by atoms with Crippen molar-refractivity contribution >= 4 is 33.2 Å². The van der Waals surface area contributed by atoms with Gasteiger partial charge in [0, 0.05) is 35.9 Å². The van der Waals surface area contributed by atoms with Crippen molar-refractivity contribution in [1.29, 1.82) is 0 Å². The Kier molecular flexibility index (Phi) is 6.48. The summed E-state index contributed by atoms with van der Waals surface area (Å²) in [6, 6.07) is 18.7. The number of anilines is 1. The van der Waals surface area contributed by atoms with E-state index >= 15 is 0 Å². The summed E-state index contributed by atoms with van der Waals surface area (Å²) in [4.78, 5) is 16.5. The molecule has 2 N–H and O–H groups in total. The van der Waals surface area contributed by atoms with Gasteiger partial charge in [0.2, 0.25) is 0 Å². The number of rotatable bonds is 7. The highest BCUT2D eigenvalue weighted by molar-refractivity contribution is 7.92. The SMILES string of the molecule is Cc1ccc(NS(=O)(=O)c2cc(C(=O)NCc3ccc(-n4ccnc4)cc3)ccc2Cl)cc1. The summed E-state index contributed by atoms with van der Waals surface area (Å²) in [5, 5.41) is 2.84. The zero-order valence-corrected chi connectivity index (χ0v) is 19.3. The molecule has 0 bridgehead atoms. The molecular weight excluding hydrogens is 460 g/mol. The molecule has 0 saturated heterocycles. The first kappa shape index (κ1) is 22.6. The Morgan fingerprint density at radius 1 is 1.03 bits per heavy atom. The van der Waals surface area contributed by atoms with E-state index in [9.17, 15) is 13.2 Å². The molecule has 0 aliphatic heterocycles. The van der Waals surface area contributed by atoms with E-state index in [2.05, 4.69) is 15.0 Å². The van der Waals surface area contributed by atoms with E-state index in [0.717, 1.165) is 16.8 Å². The molecule has 0 aliphatic carbocycles. The number of nitrogens with one attached hydrogen (secondary N) is 2. The quantitative estimate of drug-likeness (QED) is 0.405. The van der Waals surface area contributed by atoms with E-state index in [1.807, 2.05) is 42.0 Å². The normalized spacial score (nSPS) is 11.2. The van der Waals surface area contributed by atoms with Crippen LogP contribution in [0.1, 0.15) is 21.5 Å². The fraction of sp³-hybridized carbons (Fsp3) is 0.0833. The van der Waals surface area contributed by atoms with Gasteiger partial charge in [-0.15, -0.1) is 0 Å². The van der Waals surface area contributed by atoms with Gasteiger partial charge in [0.15, 0.2) is 0 Å². The summed E-state index contributed by atoms with van der Waals surface area (Å²) in [6.07, 6.45) is 5.25. The van der Waals surface area contributed by atoms with Crippen molar-refractivity contribution < 1.29 is 13.2 Å². The highest BCUT2D eigenvalue weighted by atomic mass is 35.5. The third-order valence-electron chi connectivity index (χ3n) is 4.98. The van der Waals surface area contributed by atoms with Crippen LogP contribution in [0.2, 0.25) is 5.02 Å². The number of carbonyl (C=O) groups is 1. The van der Waals surface area contributed by atoms with Gasteiger partial charge in [0.05, 0.1) is 11.3 Å². The fourth-order valence-corrected chi connectivity index (χ4v) is 4.75. The number of aromatic nitrogens is 2. The average Bonchev–Trinajstić information content (AvgIpc) is 3.34. The minimum Gasteiger partial charge on any atom is -0.348 e. The number of hydrogen-bond donors (Lipinski definition) is 2. The van der Waals surface area contributed by atoms with Gasteiger partial charge in [-0.05, 0) is 55.0 Å². The summed E-state index contributed by atoms with van der Waals surface area (Å²) < 4.78 is 30.1. The third kappa shape index (κ3) is 5.42. The number of imidazole rings is 1. The van der Waals surface area contributed by atoms with Crippen molar-refractivity contribution in [2.75, 3.05) is 4.72 Å². The van der Waals surface area contributed by atoms with Crippen molar-refractivity contribution in [2.45, 2.75) is 18.4 Å². The van der Waals surface area contributed by atoms with Crippen molar-refractivity contribution in [3.63, 3.8) is 0 Å². The summed E-state index contributed by atoms with van der Waals surface area (Å²) in [5.74, 6) is -0.405. The predicted molar refractivity (Wildman–Crippen MR) is 128 cm³/mol. The summed E-state index contributed by atoms with van der Waals surface area (Å²) >= 11 is 6.15. The maximum atomic E-state index is 12.9. The molecule has 1 amide bonds. The third-order valence-corrected chi connectivity index (χ3v) is 6.84. The average molecular weight is 481 g/mol.